The van der Waals surface area contributed by atoms with Crippen molar-refractivity contribution in [2.24, 2.45) is 5.41 Å². The summed E-state index contributed by atoms with van der Waals surface area (Å²) in [6.45, 7) is 4.41. The maximum Gasteiger partial charge on any atom is 0.184 e. The molecule has 4 heteroatoms. The molecule has 23 heavy (non-hydrogen) atoms. The number of terminal acetylenes is 1. The minimum atomic E-state index is -0.578. The molecule has 2 atom stereocenters. The van der Waals surface area contributed by atoms with Gasteiger partial charge in [0.25, 0.3) is 0 Å². The molecule has 2 rings (SSSR count). The Kier molecular flexibility index (Phi) is 5.81. The van der Waals surface area contributed by atoms with Crippen LogP contribution >= 0.6 is 0 Å². The lowest BCUT2D eigenvalue weighted by Gasteiger charge is -2.39. The van der Waals surface area contributed by atoms with E-state index in [4.69, 9.17) is 20.6 Å². The molecular formula is C19H24O4. The number of ketones is 1. The summed E-state index contributed by atoms with van der Waals surface area (Å²) in [5.41, 5.74) is 0.341. The van der Waals surface area contributed by atoms with Gasteiger partial charge in [-0.25, -0.2) is 0 Å². The summed E-state index contributed by atoms with van der Waals surface area (Å²) in [5, 5.41) is 0. The molecule has 0 unspecified atom stereocenters. The number of rotatable bonds is 6. The molecule has 0 N–H and O–H groups in total. The first-order chi connectivity index (χ1) is 11.0. The van der Waals surface area contributed by atoms with E-state index in [-0.39, 0.29) is 11.9 Å². The van der Waals surface area contributed by atoms with Crippen molar-refractivity contribution in [3.8, 4) is 18.1 Å². The van der Waals surface area contributed by atoms with E-state index in [0.717, 1.165) is 11.3 Å². The van der Waals surface area contributed by atoms with Gasteiger partial charge < -0.3 is 14.2 Å². The number of benzene rings is 1. The van der Waals surface area contributed by atoms with E-state index in [1.807, 2.05) is 38.1 Å². The van der Waals surface area contributed by atoms with Crippen molar-refractivity contribution < 1.29 is 19.0 Å². The van der Waals surface area contributed by atoms with E-state index in [2.05, 4.69) is 5.92 Å². The van der Waals surface area contributed by atoms with Crippen molar-refractivity contribution >= 4 is 5.78 Å². The van der Waals surface area contributed by atoms with Crippen LogP contribution in [-0.4, -0.2) is 25.6 Å². The molecule has 0 saturated carbocycles. The first-order valence-electron chi connectivity index (χ1n) is 7.87. The van der Waals surface area contributed by atoms with Gasteiger partial charge in [-0.15, -0.1) is 12.3 Å². The van der Waals surface area contributed by atoms with E-state index in [1.54, 1.807) is 7.11 Å². The van der Waals surface area contributed by atoms with Gasteiger partial charge in [0.05, 0.1) is 19.8 Å². The minimum absolute atomic E-state index is 0.135. The topological polar surface area (TPSA) is 44.8 Å². The second kappa shape index (κ2) is 7.63. The highest BCUT2D eigenvalue weighted by molar-refractivity contribution is 5.84. The predicted molar refractivity (Wildman–Crippen MR) is 88.0 cm³/mol. The third-order valence-electron chi connectivity index (χ3n) is 4.35. The maximum atomic E-state index is 12.4. The Morgan fingerprint density at radius 1 is 1.39 bits per heavy atom. The highest BCUT2D eigenvalue weighted by Gasteiger charge is 2.40. The van der Waals surface area contributed by atoms with Crippen LogP contribution in [-0.2, 0) is 14.3 Å². The molecule has 4 nitrogen and oxygen atoms in total. The summed E-state index contributed by atoms with van der Waals surface area (Å²) in [6.07, 6.45) is 6.16. The van der Waals surface area contributed by atoms with Crippen LogP contribution in [0.15, 0.2) is 24.3 Å². The van der Waals surface area contributed by atoms with Gasteiger partial charge in [-0.1, -0.05) is 26.0 Å². The largest absolute Gasteiger partial charge is 0.497 e. The number of hydrogen-bond donors (Lipinski definition) is 0. The second-order valence-corrected chi connectivity index (χ2v) is 6.24. The molecule has 0 aromatic heterocycles. The van der Waals surface area contributed by atoms with Crippen LogP contribution in [0.4, 0.5) is 0 Å². The average molecular weight is 316 g/mol. The first-order valence-corrected chi connectivity index (χ1v) is 7.87. The molecule has 0 amide bonds. The molecule has 1 fully saturated rings. The molecule has 0 spiro atoms. The van der Waals surface area contributed by atoms with E-state index in [0.29, 0.717) is 25.9 Å². The van der Waals surface area contributed by atoms with Crippen molar-refractivity contribution in [3.05, 3.63) is 29.8 Å². The summed E-state index contributed by atoms with van der Waals surface area (Å²) >= 11 is 0. The van der Waals surface area contributed by atoms with Crippen LogP contribution in [0, 0.1) is 17.8 Å². The van der Waals surface area contributed by atoms with Crippen LogP contribution in [0.2, 0.25) is 0 Å². The standard InChI is InChI=1S/C19H24O4/c1-5-6-7-16(20)19(2,3)17-12-13-22-18(23-17)14-8-10-15(21-4)11-9-14/h1,8-11,17-18H,6-7,12-13H2,2-4H3/t17-,18-/m0/s1. The van der Waals surface area contributed by atoms with Gasteiger partial charge in [-0.2, -0.15) is 0 Å². The third kappa shape index (κ3) is 4.13. The zero-order valence-corrected chi connectivity index (χ0v) is 14.0. The highest BCUT2D eigenvalue weighted by atomic mass is 16.7. The van der Waals surface area contributed by atoms with Gasteiger partial charge in [-0.05, 0) is 18.6 Å². The SMILES string of the molecule is C#CCCC(=O)C(C)(C)[C@@H]1CCO[C@H](c2ccc(OC)cc2)O1. The lowest BCUT2D eigenvalue weighted by atomic mass is 9.78. The Labute approximate surface area is 138 Å². The summed E-state index contributed by atoms with van der Waals surface area (Å²) in [4.78, 5) is 12.4. The molecule has 1 aliphatic heterocycles. The number of carbonyl (C=O) groups excluding carboxylic acids is 1. The predicted octanol–water partition coefficient (Wildman–Crippen LogP) is 3.51. The molecule has 124 valence electrons. The molecule has 0 bridgehead atoms. The van der Waals surface area contributed by atoms with Crippen LogP contribution in [0.25, 0.3) is 0 Å². The van der Waals surface area contributed by atoms with Crippen molar-refractivity contribution in [1.82, 2.24) is 0 Å². The van der Waals surface area contributed by atoms with E-state index < -0.39 is 11.7 Å². The molecule has 1 aliphatic rings. The lowest BCUT2D eigenvalue weighted by molar-refractivity contribution is -0.238. The fraction of sp³-hybridized carbons (Fsp3) is 0.526. The Hall–Kier alpha value is -1.83. The van der Waals surface area contributed by atoms with E-state index in [1.165, 1.54) is 0 Å². The van der Waals surface area contributed by atoms with Crippen molar-refractivity contribution in [2.75, 3.05) is 13.7 Å². The molecule has 1 saturated heterocycles. The molecular weight excluding hydrogens is 292 g/mol. The summed E-state index contributed by atoms with van der Waals surface area (Å²) < 4.78 is 17.0. The normalized spacial score (nSPS) is 21.5. The van der Waals surface area contributed by atoms with Gasteiger partial charge in [0.2, 0.25) is 0 Å². The van der Waals surface area contributed by atoms with Gasteiger partial charge in [0, 0.05) is 23.8 Å². The lowest BCUT2D eigenvalue weighted by Crippen LogP contribution is -2.43. The van der Waals surface area contributed by atoms with E-state index >= 15 is 0 Å². The van der Waals surface area contributed by atoms with Crippen LogP contribution in [0.5, 0.6) is 5.75 Å². The molecule has 0 radical (unpaired) electrons. The zero-order valence-electron chi connectivity index (χ0n) is 14.0. The quantitative estimate of drug-likeness (QED) is 0.753. The van der Waals surface area contributed by atoms with Crippen molar-refractivity contribution in [2.45, 2.75) is 45.5 Å². The Morgan fingerprint density at radius 2 is 2.09 bits per heavy atom. The molecule has 1 aromatic rings. The first kappa shape index (κ1) is 17.5. The summed E-state index contributed by atoms with van der Waals surface area (Å²) in [6, 6.07) is 7.57. The number of ether oxygens (including phenoxy) is 3. The number of hydrogen-bond acceptors (Lipinski definition) is 4. The van der Waals surface area contributed by atoms with Gasteiger partial charge in [-0.3, -0.25) is 4.79 Å². The third-order valence-corrected chi connectivity index (χ3v) is 4.35. The Bertz CT molecular complexity index is 568. The zero-order chi connectivity index (χ0) is 16.9. The highest BCUT2D eigenvalue weighted by Crippen LogP contribution is 2.37. The van der Waals surface area contributed by atoms with Crippen LogP contribution in [0.3, 0.4) is 0 Å². The van der Waals surface area contributed by atoms with E-state index in [9.17, 15) is 4.79 Å². The monoisotopic (exact) mass is 316 g/mol. The van der Waals surface area contributed by atoms with Gasteiger partial charge in [0.1, 0.15) is 11.5 Å². The fourth-order valence-electron chi connectivity index (χ4n) is 2.69. The molecule has 1 heterocycles. The number of Topliss-reactive ketones (excluding diaryl/α,β-unsaturated/α-hetero) is 1. The molecule has 0 aliphatic carbocycles. The smallest absolute Gasteiger partial charge is 0.184 e. The Morgan fingerprint density at radius 3 is 2.70 bits per heavy atom. The second-order valence-electron chi connectivity index (χ2n) is 6.24. The number of carbonyl (C=O) groups is 1. The van der Waals surface area contributed by atoms with Crippen molar-refractivity contribution in [3.63, 3.8) is 0 Å². The van der Waals surface area contributed by atoms with Crippen LogP contribution in [0.1, 0.15) is 45.0 Å². The fourth-order valence-corrected chi connectivity index (χ4v) is 2.69. The Balaban J connectivity index is 2.07. The van der Waals surface area contributed by atoms with Crippen molar-refractivity contribution in [1.29, 1.82) is 0 Å². The molecule has 1 aromatic carbocycles. The summed E-state index contributed by atoms with van der Waals surface area (Å²) in [7, 11) is 1.63. The van der Waals surface area contributed by atoms with Gasteiger partial charge >= 0.3 is 0 Å². The van der Waals surface area contributed by atoms with Gasteiger partial charge in [0.15, 0.2) is 6.29 Å². The minimum Gasteiger partial charge on any atom is -0.497 e. The summed E-state index contributed by atoms with van der Waals surface area (Å²) in [5.74, 6) is 3.44. The number of methoxy groups -OCH3 is 1. The van der Waals surface area contributed by atoms with Crippen LogP contribution < -0.4 is 4.74 Å². The average Bonchev–Trinajstić information content (AvgIpc) is 2.59. The maximum absolute atomic E-state index is 12.4.